The molecule has 1 atom stereocenters. The molecule has 1 N–H and O–H groups in total. The number of nitrogens with one attached hydrogen (secondary N) is 1. The molecular weight excluding hydrogens is 232 g/mol. The first-order valence-electron chi connectivity index (χ1n) is 7.83. The molecule has 1 aliphatic heterocycles. The summed E-state index contributed by atoms with van der Waals surface area (Å²) in [5, 5.41) is 3.67. The molecule has 0 amide bonds. The van der Waals surface area contributed by atoms with Crippen molar-refractivity contribution in [1.82, 2.24) is 5.32 Å². The lowest BCUT2D eigenvalue weighted by atomic mass is 10.00. The number of hydrogen-bond acceptors (Lipinski definition) is 2. The number of hydrogen-bond donors (Lipinski definition) is 1. The van der Waals surface area contributed by atoms with E-state index >= 15 is 0 Å². The molecule has 1 saturated heterocycles. The highest BCUT2D eigenvalue weighted by Gasteiger charge is 2.23. The predicted molar refractivity (Wildman–Crippen MR) is 81.7 cm³/mol. The molecule has 2 aliphatic rings. The molecule has 2 nitrogen and oxygen atoms in total. The second-order valence-electron chi connectivity index (χ2n) is 6.33. The van der Waals surface area contributed by atoms with Crippen molar-refractivity contribution in [2.45, 2.75) is 64.6 Å². The number of aryl methyl sites for hydroxylation is 1. The summed E-state index contributed by atoms with van der Waals surface area (Å²) >= 11 is 0. The van der Waals surface area contributed by atoms with Gasteiger partial charge < -0.3 is 10.2 Å². The van der Waals surface area contributed by atoms with Crippen LogP contribution in [-0.4, -0.2) is 18.6 Å². The van der Waals surface area contributed by atoms with Crippen LogP contribution in [0, 0.1) is 6.92 Å². The molecule has 104 valence electrons. The lowest BCUT2D eigenvalue weighted by molar-refractivity contribution is 0.483. The maximum absolute atomic E-state index is 3.67. The van der Waals surface area contributed by atoms with Gasteiger partial charge in [-0.25, -0.2) is 0 Å². The van der Waals surface area contributed by atoms with E-state index in [-0.39, 0.29) is 0 Å². The van der Waals surface area contributed by atoms with Crippen molar-refractivity contribution in [2.24, 2.45) is 0 Å². The van der Waals surface area contributed by atoms with Crippen LogP contribution in [0.3, 0.4) is 0 Å². The molecule has 0 spiro atoms. The van der Waals surface area contributed by atoms with Gasteiger partial charge in [-0.05, 0) is 57.6 Å². The van der Waals surface area contributed by atoms with Crippen LogP contribution in [-0.2, 0) is 6.54 Å². The summed E-state index contributed by atoms with van der Waals surface area (Å²) in [6.45, 7) is 6.83. The fourth-order valence-electron chi connectivity index (χ4n) is 3.13. The summed E-state index contributed by atoms with van der Waals surface area (Å²) in [4.78, 5) is 2.62. The van der Waals surface area contributed by atoms with E-state index in [2.05, 4.69) is 42.3 Å². The Bertz CT molecular complexity index is 437. The second kappa shape index (κ2) is 5.54. The quantitative estimate of drug-likeness (QED) is 0.887. The summed E-state index contributed by atoms with van der Waals surface area (Å²) in [6, 6.07) is 8.44. The Morgan fingerprint density at radius 3 is 2.79 bits per heavy atom. The van der Waals surface area contributed by atoms with Crippen LogP contribution in [0.4, 0.5) is 5.69 Å². The van der Waals surface area contributed by atoms with Crippen molar-refractivity contribution < 1.29 is 0 Å². The minimum Gasteiger partial charge on any atom is -0.369 e. The third-order valence-electron chi connectivity index (χ3n) is 4.51. The molecule has 3 rings (SSSR count). The highest BCUT2D eigenvalue weighted by molar-refractivity contribution is 5.56. The minimum absolute atomic E-state index is 0.691. The van der Waals surface area contributed by atoms with E-state index in [0.29, 0.717) is 6.04 Å². The summed E-state index contributed by atoms with van der Waals surface area (Å²) in [5.74, 6) is 0. The first-order chi connectivity index (χ1) is 9.24. The number of benzene rings is 1. The Balaban J connectivity index is 1.80. The predicted octanol–water partition coefficient (Wildman–Crippen LogP) is 3.63. The molecule has 0 radical (unpaired) electrons. The van der Waals surface area contributed by atoms with Crippen molar-refractivity contribution in [1.29, 1.82) is 0 Å². The first kappa shape index (κ1) is 13.0. The van der Waals surface area contributed by atoms with Crippen molar-refractivity contribution in [2.75, 3.05) is 11.4 Å². The third-order valence-corrected chi connectivity index (χ3v) is 4.51. The summed E-state index contributed by atoms with van der Waals surface area (Å²) in [6.07, 6.45) is 6.79. The smallest absolute Gasteiger partial charge is 0.0414 e. The molecule has 2 fully saturated rings. The van der Waals surface area contributed by atoms with Crippen molar-refractivity contribution in [3.63, 3.8) is 0 Å². The molecule has 1 aromatic carbocycles. The molecule has 2 heteroatoms. The van der Waals surface area contributed by atoms with Gasteiger partial charge in [-0.3, -0.25) is 0 Å². The molecule has 1 heterocycles. The van der Waals surface area contributed by atoms with Gasteiger partial charge in [0, 0.05) is 30.9 Å². The molecule has 0 bridgehead atoms. The molecule has 1 aromatic rings. The number of anilines is 1. The van der Waals surface area contributed by atoms with Gasteiger partial charge in [0.15, 0.2) is 0 Å². The molecule has 1 aliphatic carbocycles. The maximum Gasteiger partial charge on any atom is 0.0414 e. The Labute approximate surface area is 117 Å². The van der Waals surface area contributed by atoms with E-state index in [1.54, 1.807) is 0 Å². The highest BCUT2D eigenvalue weighted by atomic mass is 15.2. The van der Waals surface area contributed by atoms with Crippen LogP contribution in [0.15, 0.2) is 18.2 Å². The monoisotopic (exact) mass is 258 g/mol. The largest absolute Gasteiger partial charge is 0.369 e. The van der Waals surface area contributed by atoms with Crippen LogP contribution in [0.5, 0.6) is 0 Å². The number of nitrogens with zero attached hydrogens (tertiary/aromatic N) is 1. The van der Waals surface area contributed by atoms with Gasteiger partial charge >= 0.3 is 0 Å². The normalized spacial score (nSPS) is 23.7. The van der Waals surface area contributed by atoms with Crippen LogP contribution in [0.2, 0.25) is 0 Å². The van der Waals surface area contributed by atoms with Crippen molar-refractivity contribution in [3.05, 3.63) is 29.3 Å². The summed E-state index contributed by atoms with van der Waals surface area (Å²) < 4.78 is 0. The van der Waals surface area contributed by atoms with E-state index in [1.807, 2.05) is 0 Å². The van der Waals surface area contributed by atoms with Gasteiger partial charge in [0.2, 0.25) is 0 Å². The lowest BCUT2D eigenvalue weighted by Gasteiger charge is -2.37. The molecule has 19 heavy (non-hydrogen) atoms. The lowest BCUT2D eigenvalue weighted by Crippen LogP contribution is -2.38. The summed E-state index contributed by atoms with van der Waals surface area (Å²) in [5.41, 5.74) is 4.33. The number of piperidine rings is 1. The van der Waals surface area contributed by atoms with E-state index in [0.717, 1.165) is 12.6 Å². The fourth-order valence-corrected chi connectivity index (χ4v) is 3.13. The van der Waals surface area contributed by atoms with Crippen LogP contribution in [0.1, 0.15) is 50.2 Å². The molecule has 1 unspecified atom stereocenters. The van der Waals surface area contributed by atoms with Crippen LogP contribution in [0.25, 0.3) is 0 Å². The van der Waals surface area contributed by atoms with E-state index < -0.39 is 0 Å². The topological polar surface area (TPSA) is 15.3 Å². The van der Waals surface area contributed by atoms with Crippen LogP contribution < -0.4 is 10.2 Å². The van der Waals surface area contributed by atoms with Crippen LogP contribution >= 0.6 is 0 Å². The Kier molecular flexibility index (Phi) is 3.79. The molecular formula is C17H26N2. The van der Waals surface area contributed by atoms with E-state index in [9.17, 15) is 0 Å². The zero-order valence-electron chi connectivity index (χ0n) is 12.3. The van der Waals surface area contributed by atoms with Gasteiger partial charge in [-0.2, -0.15) is 0 Å². The third kappa shape index (κ3) is 3.11. The van der Waals surface area contributed by atoms with Gasteiger partial charge in [-0.1, -0.05) is 17.7 Å². The zero-order chi connectivity index (χ0) is 13.2. The average molecular weight is 258 g/mol. The first-order valence-corrected chi connectivity index (χ1v) is 7.83. The Morgan fingerprint density at radius 2 is 2.05 bits per heavy atom. The van der Waals surface area contributed by atoms with Crippen molar-refractivity contribution >= 4 is 5.69 Å². The van der Waals surface area contributed by atoms with Gasteiger partial charge in [-0.15, -0.1) is 0 Å². The van der Waals surface area contributed by atoms with Gasteiger partial charge in [0.25, 0.3) is 0 Å². The minimum atomic E-state index is 0.691. The standard InChI is InChI=1S/C17H26N2/c1-13-6-9-17(19-10-4-3-5-14(19)2)15(11-13)12-18-16-7-8-16/h6,9,11,14,16,18H,3-5,7-8,10,12H2,1-2H3. The number of rotatable bonds is 4. The maximum atomic E-state index is 3.67. The summed E-state index contributed by atoms with van der Waals surface area (Å²) in [7, 11) is 0. The van der Waals surface area contributed by atoms with Gasteiger partial charge in [0.1, 0.15) is 0 Å². The Hall–Kier alpha value is -1.02. The molecule has 1 saturated carbocycles. The molecule has 0 aromatic heterocycles. The zero-order valence-corrected chi connectivity index (χ0v) is 12.3. The Morgan fingerprint density at radius 1 is 1.21 bits per heavy atom. The average Bonchev–Trinajstić information content (AvgIpc) is 3.22. The fraction of sp³-hybridized carbons (Fsp3) is 0.647. The van der Waals surface area contributed by atoms with E-state index in [1.165, 1.54) is 55.5 Å². The van der Waals surface area contributed by atoms with Crippen molar-refractivity contribution in [3.8, 4) is 0 Å². The van der Waals surface area contributed by atoms with E-state index in [4.69, 9.17) is 0 Å². The SMILES string of the molecule is Cc1ccc(N2CCCCC2C)c(CNC2CC2)c1. The second-order valence-corrected chi connectivity index (χ2v) is 6.33. The highest BCUT2D eigenvalue weighted by Crippen LogP contribution is 2.29. The van der Waals surface area contributed by atoms with Gasteiger partial charge in [0.05, 0.1) is 0 Å².